The lowest BCUT2D eigenvalue weighted by atomic mass is 9.85. The van der Waals surface area contributed by atoms with Gasteiger partial charge in [0.25, 0.3) is 0 Å². The number of rotatable bonds is 5. The van der Waals surface area contributed by atoms with Gasteiger partial charge in [0.05, 0.1) is 0 Å². The topological polar surface area (TPSA) is 49.5 Å². The van der Waals surface area contributed by atoms with Crippen LogP contribution in [0.4, 0.5) is 0 Å². The summed E-state index contributed by atoms with van der Waals surface area (Å²) in [6.07, 6.45) is 0. The van der Waals surface area contributed by atoms with Crippen molar-refractivity contribution in [1.29, 1.82) is 0 Å². The molecule has 1 rings (SSSR count). The number of likely N-dealkylation sites (N-methyl/N-ethyl adjacent to an activating group) is 1. The molecule has 19 heavy (non-hydrogen) atoms. The molecule has 3 nitrogen and oxygen atoms in total. The van der Waals surface area contributed by atoms with E-state index in [-0.39, 0.29) is 12.0 Å². The standard InChI is InChI=1S/C16H28N2O/c1-13(15(2,3)4)18(5)12-16(19,11-17)14-9-7-6-8-10-14/h6-10,13,19H,11-12,17H2,1-5H3. The molecule has 0 radical (unpaired) electrons. The van der Waals surface area contributed by atoms with Gasteiger partial charge < -0.3 is 10.8 Å². The monoisotopic (exact) mass is 264 g/mol. The minimum Gasteiger partial charge on any atom is -0.382 e. The summed E-state index contributed by atoms with van der Waals surface area (Å²) < 4.78 is 0. The van der Waals surface area contributed by atoms with Gasteiger partial charge in [0, 0.05) is 19.1 Å². The zero-order chi connectivity index (χ0) is 14.7. The first kappa shape index (κ1) is 16.2. The fraction of sp³-hybridized carbons (Fsp3) is 0.625. The molecule has 0 fully saturated rings. The summed E-state index contributed by atoms with van der Waals surface area (Å²) in [5.41, 5.74) is 5.88. The molecule has 0 aromatic heterocycles. The first-order valence-electron chi connectivity index (χ1n) is 6.89. The molecule has 0 saturated carbocycles. The van der Waals surface area contributed by atoms with Gasteiger partial charge in [-0.1, -0.05) is 51.1 Å². The quantitative estimate of drug-likeness (QED) is 0.857. The number of hydrogen-bond acceptors (Lipinski definition) is 3. The highest BCUT2D eigenvalue weighted by Crippen LogP contribution is 2.27. The van der Waals surface area contributed by atoms with Gasteiger partial charge in [0.2, 0.25) is 0 Å². The maximum atomic E-state index is 10.8. The Morgan fingerprint density at radius 1 is 1.21 bits per heavy atom. The van der Waals surface area contributed by atoms with Gasteiger partial charge in [0.1, 0.15) is 5.60 Å². The van der Waals surface area contributed by atoms with Crippen LogP contribution in [0.2, 0.25) is 0 Å². The molecule has 0 amide bonds. The predicted molar refractivity (Wildman–Crippen MR) is 80.9 cm³/mol. The van der Waals surface area contributed by atoms with E-state index in [0.29, 0.717) is 12.6 Å². The van der Waals surface area contributed by atoms with Crippen LogP contribution in [0, 0.1) is 5.41 Å². The Hall–Kier alpha value is -0.900. The lowest BCUT2D eigenvalue weighted by Crippen LogP contribution is -2.50. The van der Waals surface area contributed by atoms with E-state index >= 15 is 0 Å². The molecule has 2 atom stereocenters. The smallest absolute Gasteiger partial charge is 0.114 e. The zero-order valence-electron chi connectivity index (χ0n) is 12.9. The fourth-order valence-corrected chi connectivity index (χ4v) is 2.23. The van der Waals surface area contributed by atoms with Gasteiger partial charge in [0.15, 0.2) is 0 Å². The van der Waals surface area contributed by atoms with Gasteiger partial charge >= 0.3 is 0 Å². The van der Waals surface area contributed by atoms with E-state index in [2.05, 4.69) is 32.6 Å². The van der Waals surface area contributed by atoms with Crippen LogP contribution in [0.1, 0.15) is 33.3 Å². The zero-order valence-corrected chi connectivity index (χ0v) is 12.9. The number of aliphatic hydroxyl groups is 1. The second kappa shape index (κ2) is 6.04. The van der Waals surface area contributed by atoms with Crippen molar-refractivity contribution in [3.05, 3.63) is 35.9 Å². The van der Waals surface area contributed by atoms with Crippen molar-refractivity contribution in [2.24, 2.45) is 11.1 Å². The summed E-state index contributed by atoms with van der Waals surface area (Å²) in [7, 11) is 2.04. The SMILES string of the molecule is CC(N(C)CC(O)(CN)c1ccccc1)C(C)(C)C. The molecule has 0 heterocycles. The number of nitrogens with two attached hydrogens (primary N) is 1. The van der Waals surface area contributed by atoms with Crippen molar-refractivity contribution in [2.45, 2.75) is 39.3 Å². The highest BCUT2D eigenvalue weighted by Gasteiger charge is 2.33. The summed E-state index contributed by atoms with van der Waals surface area (Å²) in [6, 6.07) is 10.0. The lowest BCUT2D eigenvalue weighted by molar-refractivity contribution is -0.00958. The van der Waals surface area contributed by atoms with Gasteiger partial charge in [-0.25, -0.2) is 0 Å². The molecular formula is C16H28N2O. The summed E-state index contributed by atoms with van der Waals surface area (Å²) in [5.74, 6) is 0. The van der Waals surface area contributed by atoms with Crippen LogP contribution < -0.4 is 5.73 Å². The van der Waals surface area contributed by atoms with Crippen LogP contribution in [0.25, 0.3) is 0 Å². The van der Waals surface area contributed by atoms with E-state index < -0.39 is 5.60 Å². The maximum absolute atomic E-state index is 10.8. The largest absolute Gasteiger partial charge is 0.382 e. The van der Waals surface area contributed by atoms with Crippen LogP contribution in [0.3, 0.4) is 0 Å². The molecule has 0 aliphatic heterocycles. The summed E-state index contributed by atoms with van der Waals surface area (Å²) >= 11 is 0. The normalized spacial score (nSPS) is 17.3. The van der Waals surface area contributed by atoms with Crippen LogP contribution in [-0.4, -0.2) is 36.2 Å². The van der Waals surface area contributed by atoms with Gasteiger partial charge in [-0.2, -0.15) is 0 Å². The summed E-state index contributed by atoms with van der Waals surface area (Å²) in [4.78, 5) is 2.18. The van der Waals surface area contributed by atoms with Crippen molar-refractivity contribution in [1.82, 2.24) is 4.90 Å². The predicted octanol–water partition coefficient (Wildman–Crippen LogP) is 2.20. The first-order chi connectivity index (χ1) is 8.70. The molecular weight excluding hydrogens is 236 g/mol. The van der Waals surface area contributed by atoms with Crippen LogP contribution in [0.5, 0.6) is 0 Å². The maximum Gasteiger partial charge on any atom is 0.114 e. The third-order valence-electron chi connectivity index (χ3n) is 4.07. The molecule has 1 aromatic rings. The number of benzene rings is 1. The Kier molecular flexibility index (Phi) is 5.13. The highest BCUT2D eigenvalue weighted by atomic mass is 16.3. The Bertz CT molecular complexity index is 385. The second-order valence-electron chi connectivity index (χ2n) is 6.56. The third kappa shape index (κ3) is 4.03. The third-order valence-corrected chi connectivity index (χ3v) is 4.07. The number of nitrogens with zero attached hydrogens (tertiary/aromatic N) is 1. The van der Waals surface area contributed by atoms with Crippen LogP contribution >= 0.6 is 0 Å². The summed E-state index contributed by atoms with van der Waals surface area (Å²) in [5, 5.41) is 10.8. The Morgan fingerprint density at radius 3 is 2.16 bits per heavy atom. The van der Waals surface area contributed by atoms with E-state index in [0.717, 1.165) is 5.56 Å². The van der Waals surface area contributed by atoms with Gasteiger partial charge in [-0.3, -0.25) is 4.90 Å². The molecule has 2 unspecified atom stereocenters. The average molecular weight is 264 g/mol. The molecule has 0 aliphatic carbocycles. The molecule has 0 spiro atoms. The van der Waals surface area contributed by atoms with E-state index in [1.54, 1.807) is 0 Å². The van der Waals surface area contributed by atoms with Crippen molar-refractivity contribution >= 4 is 0 Å². The Balaban J connectivity index is 2.88. The second-order valence-corrected chi connectivity index (χ2v) is 6.56. The Morgan fingerprint density at radius 2 is 1.74 bits per heavy atom. The fourth-order valence-electron chi connectivity index (χ4n) is 2.23. The van der Waals surface area contributed by atoms with Gasteiger partial charge in [-0.15, -0.1) is 0 Å². The van der Waals surface area contributed by atoms with Crippen molar-refractivity contribution in [2.75, 3.05) is 20.1 Å². The molecule has 1 aromatic carbocycles. The molecule has 0 saturated heterocycles. The van der Waals surface area contributed by atoms with E-state index in [1.807, 2.05) is 37.4 Å². The first-order valence-corrected chi connectivity index (χ1v) is 6.89. The lowest BCUT2D eigenvalue weighted by Gasteiger charge is -2.40. The molecule has 3 heteroatoms. The van der Waals surface area contributed by atoms with E-state index in [4.69, 9.17) is 5.73 Å². The minimum absolute atomic E-state index is 0.168. The van der Waals surface area contributed by atoms with Gasteiger partial charge in [-0.05, 0) is 24.9 Å². The van der Waals surface area contributed by atoms with Crippen molar-refractivity contribution < 1.29 is 5.11 Å². The summed E-state index contributed by atoms with van der Waals surface area (Å²) in [6.45, 7) is 9.56. The Labute approximate surface area is 117 Å². The molecule has 108 valence electrons. The highest BCUT2D eigenvalue weighted by molar-refractivity contribution is 5.23. The van der Waals surface area contributed by atoms with Crippen LogP contribution in [-0.2, 0) is 5.60 Å². The molecule has 0 bridgehead atoms. The van der Waals surface area contributed by atoms with Crippen molar-refractivity contribution in [3.63, 3.8) is 0 Å². The van der Waals surface area contributed by atoms with E-state index in [9.17, 15) is 5.11 Å². The van der Waals surface area contributed by atoms with Crippen molar-refractivity contribution in [3.8, 4) is 0 Å². The molecule has 0 aliphatic rings. The number of hydrogen-bond donors (Lipinski definition) is 2. The van der Waals surface area contributed by atoms with E-state index in [1.165, 1.54) is 0 Å². The molecule has 3 N–H and O–H groups in total. The minimum atomic E-state index is -0.991. The van der Waals surface area contributed by atoms with Crippen LogP contribution in [0.15, 0.2) is 30.3 Å². The average Bonchev–Trinajstić information content (AvgIpc) is 2.37.